The summed E-state index contributed by atoms with van der Waals surface area (Å²) < 4.78 is 17.1. The number of carbonyl (C=O) groups excluding carboxylic acids is 2. The molecule has 222 valence electrons. The van der Waals surface area contributed by atoms with Crippen LogP contribution in [0.1, 0.15) is 56.4 Å². The van der Waals surface area contributed by atoms with E-state index in [0.717, 1.165) is 58.2 Å². The lowest BCUT2D eigenvalue weighted by molar-refractivity contribution is -0.147. The van der Waals surface area contributed by atoms with Crippen molar-refractivity contribution in [2.45, 2.75) is 72.3 Å². The lowest BCUT2D eigenvalue weighted by Crippen LogP contribution is -2.39. The minimum absolute atomic E-state index is 0.0578. The molecule has 1 aliphatic carbocycles. The predicted molar refractivity (Wildman–Crippen MR) is 163 cm³/mol. The molecular formula is C33H39N3O5S. The number of thiazole rings is 1. The van der Waals surface area contributed by atoms with Crippen molar-refractivity contribution < 1.29 is 23.8 Å². The van der Waals surface area contributed by atoms with Gasteiger partial charge >= 0.3 is 12.1 Å². The van der Waals surface area contributed by atoms with E-state index in [1.807, 2.05) is 26.8 Å². The normalized spacial score (nSPS) is 22.8. The fourth-order valence-corrected chi connectivity index (χ4v) is 7.36. The van der Waals surface area contributed by atoms with Crippen LogP contribution in [0.5, 0.6) is 5.75 Å². The quantitative estimate of drug-likeness (QED) is 0.309. The number of piperidine rings is 1. The van der Waals surface area contributed by atoms with Gasteiger partial charge in [-0.3, -0.25) is 4.79 Å². The zero-order valence-electron chi connectivity index (χ0n) is 25.2. The molecule has 8 nitrogen and oxygen atoms in total. The Balaban J connectivity index is 1.14. The smallest absolute Gasteiger partial charge is 0.410 e. The van der Waals surface area contributed by atoms with E-state index >= 15 is 0 Å². The van der Waals surface area contributed by atoms with Gasteiger partial charge in [0.05, 0.1) is 18.2 Å². The number of aromatic nitrogens is 1. The largest absolute Gasteiger partial charge is 0.488 e. The molecule has 1 amide bonds. The number of hydrogen-bond donors (Lipinski definition) is 0. The fourth-order valence-electron chi connectivity index (χ4n) is 6.45. The van der Waals surface area contributed by atoms with Crippen LogP contribution in [0.15, 0.2) is 41.8 Å². The Kier molecular flexibility index (Phi) is 7.20. The molecule has 3 aliphatic rings. The molecule has 2 aliphatic heterocycles. The second-order valence-electron chi connectivity index (χ2n) is 12.8. The van der Waals surface area contributed by atoms with Gasteiger partial charge in [0.15, 0.2) is 5.13 Å². The lowest BCUT2D eigenvalue weighted by atomic mass is 9.97. The first-order valence-corrected chi connectivity index (χ1v) is 15.5. The van der Waals surface area contributed by atoms with Gasteiger partial charge in [0, 0.05) is 36.6 Å². The summed E-state index contributed by atoms with van der Waals surface area (Å²) in [6.45, 7) is 12.3. The van der Waals surface area contributed by atoms with Gasteiger partial charge in [-0.1, -0.05) is 29.8 Å². The molecule has 0 N–H and O–H groups in total. The van der Waals surface area contributed by atoms with Crippen molar-refractivity contribution in [2.24, 2.45) is 11.3 Å². The molecule has 9 heteroatoms. The molecule has 1 aromatic heterocycles. The molecule has 1 saturated heterocycles. The van der Waals surface area contributed by atoms with Crippen LogP contribution in [0, 0.1) is 18.3 Å². The Hall–Kier alpha value is -3.59. The third kappa shape index (κ3) is 5.23. The third-order valence-corrected chi connectivity index (χ3v) is 9.70. The van der Waals surface area contributed by atoms with E-state index in [1.165, 1.54) is 12.7 Å². The van der Waals surface area contributed by atoms with Crippen molar-refractivity contribution in [3.63, 3.8) is 0 Å². The van der Waals surface area contributed by atoms with Crippen molar-refractivity contribution in [3.8, 4) is 17.0 Å². The lowest BCUT2D eigenvalue weighted by Gasteiger charge is -2.31. The van der Waals surface area contributed by atoms with E-state index in [2.05, 4.69) is 54.5 Å². The summed E-state index contributed by atoms with van der Waals surface area (Å²) in [7, 11) is 1.48. The van der Waals surface area contributed by atoms with Crippen LogP contribution in [0.2, 0.25) is 0 Å². The van der Waals surface area contributed by atoms with Gasteiger partial charge in [0.25, 0.3) is 0 Å². The summed E-state index contributed by atoms with van der Waals surface area (Å²) in [6.07, 6.45) is 1.42. The molecule has 0 bridgehead atoms. The van der Waals surface area contributed by atoms with E-state index in [0.29, 0.717) is 25.6 Å². The number of fused-ring (bicyclic) bond motifs is 2. The van der Waals surface area contributed by atoms with Gasteiger partial charge in [0.1, 0.15) is 18.0 Å². The van der Waals surface area contributed by atoms with Crippen LogP contribution in [0.4, 0.5) is 9.93 Å². The van der Waals surface area contributed by atoms with E-state index in [9.17, 15) is 9.59 Å². The second-order valence-corrected chi connectivity index (χ2v) is 13.7. The zero-order valence-corrected chi connectivity index (χ0v) is 26.0. The Morgan fingerprint density at radius 1 is 1.14 bits per heavy atom. The molecule has 3 aromatic rings. The maximum absolute atomic E-state index is 12.5. The zero-order chi connectivity index (χ0) is 29.8. The van der Waals surface area contributed by atoms with Crippen LogP contribution in [-0.2, 0) is 33.8 Å². The number of nitrogens with zero attached hydrogens (tertiary/aromatic N) is 3. The fraction of sp³-hybridized carbons (Fsp3) is 0.485. The number of hydrogen-bond acceptors (Lipinski definition) is 8. The van der Waals surface area contributed by atoms with Crippen molar-refractivity contribution in [1.29, 1.82) is 0 Å². The number of anilines is 1. The van der Waals surface area contributed by atoms with E-state index in [4.69, 9.17) is 19.2 Å². The number of benzene rings is 2. The minimum atomic E-state index is -0.506. The summed E-state index contributed by atoms with van der Waals surface area (Å²) in [5.74, 6) is 1.02. The molecule has 2 fully saturated rings. The summed E-state index contributed by atoms with van der Waals surface area (Å²) >= 11 is 1.61. The Bertz CT molecular complexity index is 1530. The van der Waals surface area contributed by atoms with Crippen molar-refractivity contribution in [1.82, 2.24) is 9.88 Å². The average Bonchev–Trinajstić information content (AvgIpc) is 3.34. The first kappa shape index (κ1) is 28.5. The highest BCUT2D eigenvalue weighted by Crippen LogP contribution is 2.63. The minimum Gasteiger partial charge on any atom is -0.488 e. The molecule has 3 atom stereocenters. The molecule has 0 spiro atoms. The van der Waals surface area contributed by atoms with Gasteiger partial charge in [-0.25, -0.2) is 9.78 Å². The first-order chi connectivity index (χ1) is 20.0. The predicted octanol–water partition coefficient (Wildman–Crippen LogP) is 6.38. The molecule has 2 aromatic carbocycles. The third-order valence-electron chi connectivity index (χ3n) is 8.83. The van der Waals surface area contributed by atoms with Gasteiger partial charge in [-0.2, -0.15) is 0 Å². The SMILES string of the molecule is COC(=O)[C@]12C[C@H]1CN(c1nc(-c3cc(C)ccc3OCc3ccc4c(c3)CCN(C(=O)OC(C)(C)C)C4)cs1)[C@@H]2C. The van der Waals surface area contributed by atoms with Gasteiger partial charge in [0.2, 0.25) is 0 Å². The topological polar surface area (TPSA) is 81.2 Å². The number of aryl methyl sites for hydroxylation is 1. The van der Waals surface area contributed by atoms with Gasteiger partial charge in [-0.05, 0) is 82.2 Å². The van der Waals surface area contributed by atoms with Gasteiger partial charge in [-0.15, -0.1) is 11.3 Å². The first-order valence-electron chi connectivity index (χ1n) is 14.6. The molecule has 1 saturated carbocycles. The monoisotopic (exact) mass is 589 g/mol. The number of esters is 1. The van der Waals surface area contributed by atoms with Gasteiger partial charge < -0.3 is 24.0 Å². The molecule has 0 unspecified atom stereocenters. The molecule has 3 heterocycles. The van der Waals surface area contributed by atoms with Crippen LogP contribution in [-0.4, -0.2) is 53.8 Å². The highest BCUT2D eigenvalue weighted by molar-refractivity contribution is 7.14. The summed E-state index contributed by atoms with van der Waals surface area (Å²) in [6, 6.07) is 12.6. The number of amides is 1. The van der Waals surface area contributed by atoms with Crippen LogP contribution >= 0.6 is 11.3 Å². The highest BCUT2D eigenvalue weighted by Gasteiger charge is 2.70. The molecule has 0 radical (unpaired) electrons. The molecule has 6 rings (SSSR count). The molecular weight excluding hydrogens is 550 g/mol. The Morgan fingerprint density at radius 2 is 1.95 bits per heavy atom. The maximum Gasteiger partial charge on any atom is 0.410 e. The van der Waals surface area contributed by atoms with Crippen molar-refractivity contribution >= 4 is 28.5 Å². The number of carbonyl (C=O) groups is 2. The van der Waals surface area contributed by atoms with Crippen LogP contribution in [0.25, 0.3) is 11.3 Å². The molecule has 42 heavy (non-hydrogen) atoms. The van der Waals surface area contributed by atoms with E-state index < -0.39 is 5.60 Å². The van der Waals surface area contributed by atoms with Crippen molar-refractivity contribution in [3.05, 3.63) is 64.0 Å². The highest BCUT2D eigenvalue weighted by atomic mass is 32.1. The average molecular weight is 590 g/mol. The van der Waals surface area contributed by atoms with Crippen LogP contribution < -0.4 is 9.64 Å². The standard InChI is InChI=1S/C33H39N3O5S/c1-20-7-10-28(40-18-22-8-9-24-16-35(12-11-23(24)14-22)31(38)41-32(3,4)5)26(13-20)27-19-42-30(34-27)36-17-25-15-33(25,21(36)2)29(37)39-6/h7-10,13-14,19,21,25H,11-12,15-18H2,1-6H3/t21-,25+,33+/m1/s1. The Labute approximate surface area is 251 Å². The number of methoxy groups -OCH3 is 1. The summed E-state index contributed by atoms with van der Waals surface area (Å²) in [5.41, 5.74) is 5.55. The van der Waals surface area contributed by atoms with E-state index in [-0.39, 0.29) is 23.5 Å². The summed E-state index contributed by atoms with van der Waals surface area (Å²) in [5, 5.41) is 3.00. The van der Waals surface area contributed by atoms with E-state index in [1.54, 1.807) is 16.2 Å². The Morgan fingerprint density at radius 3 is 2.71 bits per heavy atom. The maximum atomic E-state index is 12.5. The summed E-state index contributed by atoms with van der Waals surface area (Å²) in [4.78, 5) is 34.1. The van der Waals surface area contributed by atoms with Crippen molar-refractivity contribution in [2.75, 3.05) is 25.1 Å². The van der Waals surface area contributed by atoms with Crippen LogP contribution in [0.3, 0.4) is 0 Å². The second kappa shape index (κ2) is 10.6. The number of rotatable bonds is 6. The number of ether oxygens (including phenoxy) is 3.